The van der Waals surface area contributed by atoms with Gasteiger partial charge in [-0.25, -0.2) is 9.78 Å². The lowest BCUT2D eigenvalue weighted by atomic mass is 10.0. The fourth-order valence-corrected chi connectivity index (χ4v) is 3.14. The number of hydrogen-bond acceptors (Lipinski definition) is 5. The van der Waals surface area contributed by atoms with Gasteiger partial charge >= 0.3 is 6.03 Å². The molecule has 1 aliphatic heterocycles. The normalized spacial score (nSPS) is 12.5. The van der Waals surface area contributed by atoms with E-state index >= 15 is 0 Å². The van der Waals surface area contributed by atoms with Crippen molar-refractivity contribution in [2.75, 3.05) is 16.0 Å². The van der Waals surface area contributed by atoms with Crippen LogP contribution in [0.5, 0.6) is 0 Å². The fourth-order valence-electron chi connectivity index (χ4n) is 3.00. The van der Waals surface area contributed by atoms with Crippen LogP contribution in [0.4, 0.5) is 33.6 Å². The molecule has 6 bridgehead atoms. The third kappa shape index (κ3) is 3.93. The molecular weight excluding hydrogens is 364 g/mol. The Labute approximate surface area is 161 Å². The number of aryl methyl sites for hydroxylation is 2. The number of aromatic nitrogens is 2. The summed E-state index contributed by atoms with van der Waals surface area (Å²) in [6.07, 6.45) is 3.07. The number of amides is 2. The first-order valence-corrected chi connectivity index (χ1v) is 8.79. The highest BCUT2D eigenvalue weighted by molar-refractivity contribution is 6.32. The van der Waals surface area contributed by atoms with Crippen LogP contribution >= 0.6 is 11.6 Å². The van der Waals surface area contributed by atoms with Crippen molar-refractivity contribution in [3.8, 4) is 0 Å². The summed E-state index contributed by atoms with van der Waals surface area (Å²) in [5, 5.41) is 9.50. The summed E-state index contributed by atoms with van der Waals surface area (Å²) in [6, 6.07) is 13.0. The molecule has 8 heteroatoms. The van der Waals surface area contributed by atoms with Gasteiger partial charge in [0.1, 0.15) is 5.02 Å². The molecular formula is C19H17ClN6O. The third-order valence-corrected chi connectivity index (χ3v) is 4.51. The zero-order chi connectivity index (χ0) is 18.8. The fraction of sp³-hybridized carbons (Fsp3) is 0.105. The van der Waals surface area contributed by atoms with E-state index < -0.39 is 6.03 Å². The van der Waals surface area contributed by atoms with E-state index in [-0.39, 0.29) is 0 Å². The molecule has 4 rings (SSSR count). The average Bonchev–Trinajstić information content (AvgIpc) is 2.64. The molecule has 1 aliphatic rings. The number of rotatable bonds is 1. The molecule has 2 heterocycles. The highest BCUT2D eigenvalue weighted by Gasteiger charge is 2.11. The molecule has 5 N–H and O–H groups in total. The summed E-state index contributed by atoms with van der Waals surface area (Å²) in [5.41, 5.74) is 9.79. The number of primary amides is 1. The first-order chi connectivity index (χ1) is 13.1. The Kier molecular flexibility index (Phi) is 4.52. The number of nitrogens with zero attached hydrogens (tertiary/aromatic N) is 2. The summed E-state index contributed by atoms with van der Waals surface area (Å²) in [5.74, 6) is 0.941. The molecule has 2 aromatic carbocycles. The Hall–Kier alpha value is -3.32. The zero-order valence-corrected chi connectivity index (χ0v) is 15.0. The van der Waals surface area contributed by atoms with Crippen LogP contribution in [-0.2, 0) is 12.8 Å². The molecule has 0 aliphatic carbocycles. The Morgan fingerprint density at radius 1 is 1.11 bits per heavy atom. The highest BCUT2D eigenvalue weighted by atomic mass is 35.5. The molecule has 0 unspecified atom stereocenters. The molecule has 0 atom stereocenters. The van der Waals surface area contributed by atoms with Gasteiger partial charge in [-0.2, -0.15) is 4.98 Å². The van der Waals surface area contributed by atoms with Crippen LogP contribution in [0.3, 0.4) is 0 Å². The van der Waals surface area contributed by atoms with Crippen molar-refractivity contribution in [1.82, 2.24) is 9.97 Å². The summed E-state index contributed by atoms with van der Waals surface area (Å²) in [4.78, 5) is 20.0. The lowest BCUT2D eigenvalue weighted by Gasteiger charge is -2.13. The highest BCUT2D eigenvalue weighted by Crippen LogP contribution is 2.29. The molecule has 2 amide bonds. The number of urea groups is 1. The van der Waals surface area contributed by atoms with Crippen LogP contribution in [0, 0.1) is 0 Å². The molecule has 0 radical (unpaired) electrons. The van der Waals surface area contributed by atoms with E-state index in [1.807, 2.05) is 36.4 Å². The van der Waals surface area contributed by atoms with E-state index in [9.17, 15) is 4.79 Å². The monoisotopic (exact) mass is 380 g/mol. The first-order valence-electron chi connectivity index (χ1n) is 8.42. The van der Waals surface area contributed by atoms with Gasteiger partial charge in [0.2, 0.25) is 5.95 Å². The number of nitrogens with one attached hydrogen (secondary N) is 3. The number of carbonyl (C=O) groups is 1. The molecule has 1 aromatic heterocycles. The van der Waals surface area contributed by atoms with Crippen molar-refractivity contribution in [3.05, 3.63) is 64.8 Å². The SMILES string of the molecule is NC(=O)Nc1ccc2cc1CCc1cccc(c1)Nc1ncc(Cl)c(n1)N2. The maximum absolute atomic E-state index is 11.3. The largest absolute Gasteiger partial charge is 0.351 e. The Balaban J connectivity index is 1.81. The van der Waals surface area contributed by atoms with E-state index in [2.05, 4.69) is 32.0 Å². The van der Waals surface area contributed by atoms with Gasteiger partial charge in [-0.3, -0.25) is 0 Å². The maximum Gasteiger partial charge on any atom is 0.316 e. The first kappa shape index (κ1) is 17.1. The van der Waals surface area contributed by atoms with Gasteiger partial charge < -0.3 is 21.7 Å². The predicted molar refractivity (Wildman–Crippen MR) is 107 cm³/mol. The van der Waals surface area contributed by atoms with Crippen LogP contribution in [0.1, 0.15) is 11.1 Å². The number of fused-ring (bicyclic) bond motifs is 6. The molecule has 0 saturated carbocycles. The topological polar surface area (TPSA) is 105 Å². The van der Waals surface area contributed by atoms with Crippen molar-refractivity contribution in [2.45, 2.75) is 12.8 Å². The molecule has 0 fully saturated rings. The van der Waals surface area contributed by atoms with Crippen LogP contribution in [0.2, 0.25) is 5.02 Å². The molecule has 3 aromatic rings. The van der Waals surface area contributed by atoms with Gasteiger partial charge in [0.25, 0.3) is 0 Å². The number of benzene rings is 2. The van der Waals surface area contributed by atoms with Crippen LogP contribution in [0.15, 0.2) is 48.7 Å². The van der Waals surface area contributed by atoms with E-state index in [1.165, 1.54) is 0 Å². The number of halogens is 1. The van der Waals surface area contributed by atoms with Crippen molar-refractivity contribution in [3.63, 3.8) is 0 Å². The minimum atomic E-state index is -0.593. The minimum Gasteiger partial charge on any atom is -0.351 e. The van der Waals surface area contributed by atoms with Crippen molar-refractivity contribution >= 4 is 46.5 Å². The summed E-state index contributed by atoms with van der Waals surface area (Å²) < 4.78 is 0. The van der Waals surface area contributed by atoms with E-state index in [0.717, 1.165) is 35.3 Å². The average molecular weight is 381 g/mol. The van der Waals surface area contributed by atoms with Gasteiger partial charge in [-0.05, 0) is 54.3 Å². The third-order valence-electron chi connectivity index (χ3n) is 4.24. The molecule has 0 spiro atoms. The predicted octanol–water partition coefficient (Wildman–Crippen LogP) is 4.21. The zero-order valence-electron chi connectivity index (χ0n) is 14.3. The number of anilines is 5. The minimum absolute atomic E-state index is 0.407. The van der Waals surface area contributed by atoms with Crippen LogP contribution in [0.25, 0.3) is 0 Å². The molecule has 27 heavy (non-hydrogen) atoms. The summed E-state index contributed by atoms with van der Waals surface area (Å²) in [6.45, 7) is 0. The lowest BCUT2D eigenvalue weighted by molar-refractivity contribution is 0.259. The van der Waals surface area contributed by atoms with Crippen molar-refractivity contribution in [2.24, 2.45) is 5.73 Å². The van der Waals surface area contributed by atoms with E-state index in [0.29, 0.717) is 22.5 Å². The van der Waals surface area contributed by atoms with Gasteiger partial charge in [0.15, 0.2) is 5.82 Å². The van der Waals surface area contributed by atoms with Gasteiger partial charge in [0, 0.05) is 17.1 Å². The molecule has 0 saturated heterocycles. The number of nitrogens with two attached hydrogens (primary N) is 1. The van der Waals surface area contributed by atoms with Crippen molar-refractivity contribution < 1.29 is 4.79 Å². The van der Waals surface area contributed by atoms with Crippen LogP contribution in [-0.4, -0.2) is 16.0 Å². The smallest absolute Gasteiger partial charge is 0.316 e. The standard InChI is InChI=1S/C19H17ClN6O/c20-15-10-22-19-24-13-3-1-2-11(8-13)4-5-12-9-14(23-17(15)26-19)6-7-16(12)25-18(21)27/h1-3,6-10H,4-5H2,(H3,21,25,27)(H2,22,23,24,26). The summed E-state index contributed by atoms with van der Waals surface area (Å²) in [7, 11) is 0. The second kappa shape index (κ2) is 7.13. The van der Waals surface area contributed by atoms with Gasteiger partial charge in [-0.15, -0.1) is 0 Å². The maximum atomic E-state index is 11.3. The van der Waals surface area contributed by atoms with Crippen LogP contribution < -0.4 is 21.7 Å². The summed E-state index contributed by atoms with van der Waals surface area (Å²) >= 11 is 6.24. The van der Waals surface area contributed by atoms with Gasteiger partial charge in [0.05, 0.1) is 6.20 Å². The molecule has 136 valence electrons. The quantitative estimate of drug-likeness (QED) is 0.506. The van der Waals surface area contributed by atoms with E-state index in [1.54, 1.807) is 6.20 Å². The van der Waals surface area contributed by atoms with E-state index in [4.69, 9.17) is 17.3 Å². The van der Waals surface area contributed by atoms with Crippen molar-refractivity contribution in [1.29, 1.82) is 0 Å². The number of hydrogen-bond donors (Lipinski definition) is 4. The Morgan fingerprint density at radius 2 is 1.96 bits per heavy atom. The Morgan fingerprint density at radius 3 is 2.81 bits per heavy atom. The van der Waals surface area contributed by atoms with Gasteiger partial charge in [-0.1, -0.05) is 23.7 Å². The number of carbonyl (C=O) groups excluding carboxylic acids is 1. The Bertz CT molecular complexity index is 1020. The lowest BCUT2D eigenvalue weighted by Crippen LogP contribution is -2.20. The second-order valence-electron chi connectivity index (χ2n) is 6.20. The second-order valence-corrected chi connectivity index (χ2v) is 6.61. The molecule has 7 nitrogen and oxygen atoms in total.